The van der Waals surface area contributed by atoms with Gasteiger partial charge in [0.05, 0.1) is 19.3 Å². The number of aliphatic hydroxyl groups excluding tert-OH is 2. The van der Waals surface area contributed by atoms with Crippen molar-refractivity contribution in [2.24, 2.45) is 11.3 Å². The van der Waals surface area contributed by atoms with Crippen molar-refractivity contribution in [2.45, 2.75) is 50.7 Å². The molecular formula is C22H32N2O2. The summed E-state index contributed by atoms with van der Waals surface area (Å²) in [6.07, 6.45) is 7.28. The second-order valence-electron chi connectivity index (χ2n) is 8.63. The Morgan fingerprint density at radius 1 is 1.23 bits per heavy atom. The molecule has 26 heavy (non-hydrogen) atoms. The van der Waals surface area contributed by atoms with E-state index in [4.69, 9.17) is 0 Å². The van der Waals surface area contributed by atoms with Gasteiger partial charge in [0.1, 0.15) is 0 Å². The molecule has 0 bridgehead atoms. The van der Waals surface area contributed by atoms with Crippen molar-refractivity contribution in [3.05, 3.63) is 41.5 Å². The molecule has 0 radical (unpaired) electrons. The quantitative estimate of drug-likeness (QED) is 0.669. The van der Waals surface area contributed by atoms with Crippen LogP contribution in [0.2, 0.25) is 0 Å². The van der Waals surface area contributed by atoms with Crippen LogP contribution in [-0.2, 0) is 0 Å². The molecule has 1 spiro atoms. The summed E-state index contributed by atoms with van der Waals surface area (Å²) in [5.74, 6) is 0.711. The van der Waals surface area contributed by atoms with E-state index in [0.29, 0.717) is 23.4 Å². The largest absolute Gasteiger partial charge is 0.395 e. The fourth-order valence-corrected chi connectivity index (χ4v) is 5.05. The molecule has 2 aliphatic carbocycles. The zero-order chi connectivity index (χ0) is 18.1. The Hall–Kier alpha value is -1.20. The molecule has 2 saturated carbocycles. The molecule has 1 aromatic carbocycles. The highest BCUT2D eigenvalue weighted by molar-refractivity contribution is 5.54. The molecule has 3 N–H and O–H groups in total. The van der Waals surface area contributed by atoms with E-state index in [2.05, 4.69) is 53.5 Å². The molecule has 0 unspecified atom stereocenters. The third kappa shape index (κ3) is 3.61. The molecule has 3 fully saturated rings. The maximum absolute atomic E-state index is 9.29. The Balaban J connectivity index is 1.23. The first-order chi connectivity index (χ1) is 12.7. The van der Waals surface area contributed by atoms with E-state index in [9.17, 15) is 10.2 Å². The molecule has 2 atom stereocenters. The van der Waals surface area contributed by atoms with Gasteiger partial charge in [0.25, 0.3) is 0 Å². The first-order valence-electron chi connectivity index (χ1n) is 10.1. The predicted octanol–water partition coefficient (Wildman–Crippen LogP) is 2.28. The van der Waals surface area contributed by atoms with Crippen molar-refractivity contribution >= 4 is 6.08 Å². The standard InChI is InChI=1S/C22H32N2O2/c1-2-17(8-16-6-4-3-5-7-16)20-9-21(20)23-18-10-22(11-18)14-24(15-22)19(12-25)13-26/h3-8,18-21,23,25-26H,2,9-15H2,1H3/b17-8+/t20-,21+/m0/s1. The van der Waals surface area contributed by atoms with Crippen LogP contribution in [0.4, 0.5) is 0 Å². The molecule has 4 heteroatoms. The zero-order valence-corrected chi connectivity index (χ0v) is 15.8. The van der Waals surface area contributed by atoms with Gasteiger partial charge in [-0.05, 0) is 42.6 Å². The number of rotatable bonds is 8. The van der Waals surface area contributed by atoms with Crippen LogP contribution in [-0.4, -0.2) is 59.5 Å². The molecule has 1 aliphatic heterocycles. The number of likely N-dealkylation sites (tertiary alicyclic amines) is 1. The van der Waals surface area contributed by atoms with E-state index in [-0.39, 0.29) is 19.3 Å². The average molecular weight is 357 g/mol. The van der Waals surface area contributed by atoms with Crippen molar-refractivity contribution in [1.29, 1.82) is 0 Å². The molecule has 1 aromatic rings. The van der Waals surface area contributed by atoms with E-state index < -0.39 is 0 Å². The normalized spacial score (nSPS) is 28.2. The van der Waals surface area contributed by atoms with Crippen LogP contribution in [0.3, 0.4) is 0 Å². The zero-order valence-electron chi connectivity index (χ0n) is 15.8. The summed E-state index contributed by atoms with van der Waals surface area (Å²) in [7, 11) is 0. The number of nitrogens with one attached hydrogen (secondary N) is 1. The van der Waals surface area contributed by atoms with Crippen molar-refractivity contribution in [1.82, 2.24) is 10.2 Å². The van der Waals surface area contributed by atoms with Crippen LogP contribution in [0.15, 0.2) is 35.9 Å². The molecule has 4 nitrogen and oxygen atoms in total. The van der Waals surface area contributed by atoms with Crippen molar-refractivity contribution in [3.8, 4) is 0 Å². The summed E-state index contributed by atoms with van der Waals surface area (Å²) in [5, 5.41) is 22.5. The number of hydrogen-bond acceptors (Lipinski definition) is 4. The number of hydrogen-bond donors (Lipinski definition) is 3. The van der Waals surface area contributed by atoms with Crippen LogP contribution in [0, 0.1) is 11.3 Å². The topological polar surface area (TPSA) is 55.7 Å². The summed E-state index contributed by atoms with van der Waals surface area (Å²) < 4.78 is 0. The summed E-state index contributed by atoms with van der Waals surface area (Å²) in [5.41, 5.74) is 3.35. The monoisotopic (exact) mass is 356 g/mol. The SMILES string of the molecule is CC/C(=C\c1ccccc1)[C@@H]1C[C@H]1NC1CC2(C1)CN(C(CO)CO)C2. The smallest absolute Gasteiger partial charge is 0.0609 e. The lowest BCUT2D eigenvalue weighted by atomic mass is 9.60. The average Bonchev–Trinajstić information content (AvgIpc) is 3.36. The van der Waals surface area contributed by atoms with E-state index in [1.54, 1.807) is 5.57 Å². The van der Waals surface area contributed by atoms with Crippen LogP contribution >= 0.6 is 0 Å². The Bertz CT molecular complexity index is 627. The Labute approximate surface area is 156 Å². The number of aliphatic hydroxyl groups is 2. The molecule has 1 saturated heterocycles. The van der Waals surface area contributed by atoms with Crippen LogP contribution < -0.4 is 5.32 Å². The minimum atomic E-state index is -0.0596. The molecule has 0 aromatic heterocycles. The summed E-state index contributed by atoms with van der Waals surface area (Å²) in [6.45, 7) is 4.47. The summed E-state index contributed by atoms with van der Waals surface area (Å²) >= 11 is 0. The van der Waals surface area contributed by atoms with E-state index in [1.807, 2.05) is 0 Å². The van der Waals surface area contributed by atoms with Crippen LogP contribution in [0.5, 0.6) is 0 Å². The summed E-state index contributed by atoms with van der Waals surface area (Å²) in [4.78, 5) is 2.23. The second kappa shape index (κ2) is 7.43. The van der Waals surface area contributed by atoms with Gasteiger partial charge in [0.2, 0.25) is 0 Å². The first-order valence-corrected chi connectivity index (χ1v) is 10.1. The van der Waals surface area contributed by atoms with Crippen LogP contribution in [0.1, 0.15) is 38.2 Å². The summed E-state index contributed by atoms with van der Waals surface area (Å²) in [6, 6.07) is 11.9. The maximum atomic E-state index is 9.29. The second-order valence-corrected chi connectivity index (χ2v) is 8.63. The van der Waals surface area contributed by atoms with Gasteiger partial charge < -0.3 is 15.5 Å². The Morgan fingerprint density at radius 2 is 1.92 bits per heavy atom. The highest BCUT2D eigenvalue weighted by Gasteiger charge is 2.54. The van der Waals surface area contributed by atoms with Gasteiger partial charge in [-0.3, -0.25) is 4.90 Å². The highest BCUT2D eigenvalue weighted by Crippen LogP contribution is 2.50. The Morgan fingerprint density at radius 3 is 2.54 bits per heavy atom. The highest BCUT2D eigenvalue weighted by atomic mass is 16.3. The van der Waals surface area contributed by atoms with Gasteiger partial charge in [0, 0.05) is 25.2 Å². The lowest BCUT2D eigenvalue weighted by molar-refractivity contribution is -0.115. The first kappa shape index (κ1) is 18.2. The van der Waals surface area contributed by atoms with Gasteiger partial charge in [-0.2, -0.15) is 0 Å². The molecule has 142 valence electrons. The van der Waals surface area contributed by atoms with Gasteiger partial charge >= 0.3 is 0 Å². The van der Waals surface area contributed by atoms with Gasteiger partial charge in [0.15, 0.2) is 0 Å². The van der Waals surface area contributed by atoms with Crippen molar-refractivity contribution in [2.75, 3.05) is 26.3 Å². The minimum absolute atomic E-state index is 0.0596. The van der Waals surface area contributed by atoms with E-state index >= 15 is 0 Å². The lowest BCUT2D eigenvalue weighted by Gasteiger charge is -2.61. The van der Waals surface area contributed by atoms with Crippen molar-refractivity contribution in [3.63, 3.8) is 0 Å². The lowest BCUT2D eigenvalue weighted by Crippen LogP contribution is -2.69. The molecule has 4 rings (SSSR count). The molecular weight excluding hydrogens is 324 g/mol. The van der Waals surface area contributed by atoms with Gasteiger partial charge in [-0.25, -0.2) is 0 Å². The predicted molar refractivity (Wildman–Crippen MR) is 105 cm³/mol. The third-order valence-corrected chi connectivity index (χ3v) is 6.65. The maximum Gasteiger partial charge on any atom is 0.0609 e. The minimum Gasteiger partial charge on any atom is -0.395 e. The molecule has 1 heterocycles. The number of benzene rings is 1. The van der Waals surface area contributed by atoms with Gasteiger partial charge in [-0.15, -0.1) is 0 Å². The van der Waals surface area contributed by atoms with E-state index in [0.717, 1.165) is 19.5 Å². The third-order valence-electron chi connectivity index (χ3n) is 6.65. The fraction of sp³-hybridized carbons (Fsp3) is 0.636. The Kier molecular flexibility index (Phi) is 5.20. The molecule has 0 amide bonds. The van der Waals surface area contributed by atoms with Crippen molar-refractivity contribution < 1.29 is 10.2 Å². The molecule has 3 aliphatic rings. The van der Waals surface area contributed by atoms with E-state index in [1.165, 1.54) is 24.8 Å². The fourth-order valence-electron chi connectivity index (χ4n) is 5.05. The van der Waals surface area contributed by atoms with Gasteiger partial charge in [-0.1, -0.05) is 48.9 Å². The number of nitrogens with zero attached hydrogens (tertiary/aromatic N) is 1. The van der Waals surface area contributed by atoms with Crippen LogP contribution in [0.25, 0.3) is 6.08 Å².